The number of benzene rings is 2. The fourth-order valence-corrected chi connectivity index (χ4v) is 3.16. The lowest BCUT2D eigenvalue weighted by Gasteiger charge is -2.23. The highest BCUT2D eigenvalue weighted by Gasteiger charge is 2.26. The van der Waals surface area contributed by atoms with Crippen LogP contribution in [0.15, 0.2) is 42.5 Å². The largest absolute Gasteiger partial charge is 0.508 e. The van der Waals surface area contributed by atoms with Crippen molar-refractivity contribution in [3.8, 4) is 11.5 Å². The van der Waals surface area contributed by atoms with E-state index in [1.54, 1.807) is 6.07 Å². The summed E-state index contributed by atoms with van der Waals surface area (Å²) in [7, 11) is 3.75. The van der Waals surface area contributed by atoms with Crippen molar-refractivity contribution in [3.05, 3.63) is 59.2 Å². The van der Waals surface area contributed by atoms with Crippen molar-refractivity contribution in [3.63, 3.8) is 0 Å². The van der Waals surface area contributed by atoms with Crippen LogP contribution in [0.1, 0.15) is 29.7 Å². The molecule has 2 aromatic carbocycles. The lowest BCUT2D eigenvalue weighted by molar-refractivity contribution is -0.128. The van der Waals surface area contributed by atoms with Crippen LogP contribution in [0.4, 0.5) is 0 Å². The van der Waals surface area contributed by atoms with E-state index in [1.807, 2.05) is 32.3 Å². The number of aliphatic hydroxyl groups is 1. The number of carbonyl (C=O) groups excluding carboxylic acids is 1. The van der Waals surface area contributed by atoms with Gasteiger partial charge in [-0.2, -0.15) is 5.48 Å². The first-order valence-electron chi connectivity index (χ1n) is 9.77. The number of hydroxylamine groups is 1. The third-order valence-corrected chi connectivity index (χ3v) is 4.49. The van der Waals surface area contributed by atoms with Gasteiger partial charge in [-0.05, 0) is 50.7 Å². The van der Waals surface area contributed by atoms with Crippen LogP contribution in [0, 0.1) is 5.92 Å². The molecule has 1 heterocycles. The van der Waals surface area contributed by atoms with Crippen LogP contribution < -0.4 is 21.0 Å². The first-order chi connectivity index (χ1) is 14.0. The van der Waals surface area contributed by atoms with Crippen molar-refractivity contribution >= 4 is 5.91 Å². The molecule has 7 nitrogen and oxygen atoms in total. The first-order valence-corrected chi connectivity index (χ1v) is 9.77. The summed E-state index contributed by atoms with van der Waals surface area (Å²) in [5.74, 6) is 0.424. The third-order valence-electron chi connectivity index (χ3n) is 4.49. The van der Waals surface area contributed by atoms with Crippen LogP contribution in [-0.4, -0.2) is 43.3 Å². The Bertz CT molecular complexity index is 783. The minimum absolute atomic E-state index is 0.00441. The van der Waals surface area contributed by atoms with Gasteiger partial charge in [0, 0.05) is 17.7 Å². The number of nitrogens with one attached hydrogen (secondary N) is 3. The summed E-state index contributed by atoms with van der Waals surface area (Å²) in [6.45, 7) is 3.28. The lowest BCUT2D eigenvalue weighted by atomic mass is 9.99. The van der Waals surface area contributed by atoms with Gasteiger partial charge in [0.05, 0.1) is 12.5 Å². The Morgan fingerprint density at radius 1 is 1.14 bits per heavy atom. The quantitative estimate of drug-likeness (QED) is 0.484. The van der Waals surface area contributed by atoms with E-state index in [0.717, 1.165) is 13.0 Å². The zero-order valence-corrected chi connectivity index (χ0v) is 17.2. The van der Waals surface area contributed by atoms with Gasteiger partial charge in [-0.15, -0.1) is 0 Å². The van der Waals surface area contributed by atoms with Gasteiger partial charge in [0.1, 0.15) is 5.75 Å². The summed E-state index contributed by atoms with van der Waals surface area (Å²) >= 11 is 0. The minimum atomic E-state index is -0.803. The topological polar surface area (TPSA) is 103 Å². The maximum Gasteiger partial charge on any atom is 0.257 e. The number of phenolic OH excluding ortho intramolecular Hbond substituents is 1. The predicted molar refractivity (Wildman–Crippen MR) is 113 cm³/mol. The fraction of sp³-hybridized carbons (Fsp3) is 0.409. The summed E-state index contributed by atoms with van der Waals surface area (Å²) in [5, 5.41) is 26.4. The SMILES string of the molecule is CC(CNCC(O)c1ccc(O)c2c1ONC(=O)C2)Cc1ccccc1.CNC. The second-order valence-electron chi connectivity index (χ2n) is 7.25. The Labute approximate surface area is 172 Å². The van der Waals surface area contributed by atoms with Gasteiger partial charge < -0.3 is 25.7 Å². The smallest absolute Gasteiger partial charge is 0.257 e. The minimum Gasteiger partial charge on any atom is -0.508 e. The zero-order valence-electron chi connectivity index (χ0n) is 17.2. The fourth-order valence-electron chi connectivity index (χ4n) is 3.16. The van der Waals surface area contributed by atoms with Crippen LogP contribution in [0.3, 0.4) is 0 Å². The summed E-state index contributed by atoms with van der Waals surface area (Å²) in [6, 6.07) is 13.4. The molecule has 1 aliphatic rings. The molecule has 2 unspecified atom stereocenters. The van der Waals surface area contributed by atoms with Gasteiger partial charge >= 0.3 is 0 Å². The summed E-state index contributed by atoms with van der Waals surface area (Å²) < 4.78 is 0. The van der Waals surface area contributed by atoms with Crippen LogP contribution >= 0.6 is 0 Å². The highest BCUT2D eigenvalue weighted by molar-refractivity contribution is 5.81. The van der Waals surface area contributed by atoms with Crippen molar-refractivity contribution in [2.45, 2.75) is 25.9 Å². The van der Waals surface area contributed by atoms with Crippen molar-refractivity contribution in [2.24, 2.45) is 5.92 Å². The van der Waals surface area contributed by atoms with Crippen LogP contribution in [0.2, 0.25) is 0 Å². The number of amides is 1. The number of phenols is 1. The molecule has 0 saturated carbocycles. The molecule has 0 spiro atoms. The summed E-state index contributed by atoms with van der Waals surface area (Å²) in [6.07, 6.45) is 0.194. The molecule has 0 radical (unpaired) electrons. The lowest BCUT2D eigenvalue weighted by Crippen LogP contribution is -2.34. The monoisotopic (exact) mass is 401 g/mol. The highest BCUT2D eigenvalue weighted by Crippen LogP contribution is 2.36. The first kappa shape index (κ1) is 22.7. The van der Waals surface area contributed by atoms with Crippen LogP contribution in [0.25, 0.3) is 0 Å². The predicted octanol–water partition coefficient (Wildman–Crippen LogP) is 1.70. The molecule has 29 heavy (non-hydrogen) atoms. The van der Waals surface area contributed by atoms with Gasteiger partial charge in [0.2, 0.25) is 0 Å². The van der Waals surface area contributed by atoms with Crippen molar-refractivity contribution in [1.82, 2.24) is 16.1 Å². The number of hydrogen-bond acceptors (Lipinski definition) is 6. The maximum atomic E-state index is 11.4. The second-order valence-corrected chi connectivity index (χ2v) is 7.25. The van der Waals surface area contributed by atoms with Gasteiger partial charge in [0.15, 0.2) is 5.75 Å². The van der Waals surface area contributed by atoms with E-state index >= 15 is 0 Å². The average Bonchev–Trinajstić information content (AvgIpc) is 2.70. The number of aromatic hydroxyl groups is 1. The molecule has 7 heteroatoms. The van der Waals surface area contributed by atoms with Crippen molar-refractivity contribution in [2.75, 3.05) is 27.2 Å². The molecule has 0 fully saturated rings. The Hall–Kier alpha value is -2.61. The summed E-state index contributed by atoms with van der Waals surface area (Å²) in [4.78, 5) is 16.7. The van der Waals surface area contributed by atoms with Crippen molar-refractivity contribution < 1.29 is 19.8 Å². The van der Waals surface area contributed by atoms with E-state index in [1.165, 1.54) is 11.6 Å². The number of rotatable bonds is 7. The Morgan fingerprint density at radius 3 is 2.52 bits per heavy atom. The maximum absolute atomic E-state index is 11.4. The molecule has 1 aliphatic heterocycles. The number of aliphatic hydroxyl groups excluding tert-OH is 1. The van der Waals surface area contributed by atoms with E-state index in [2.05, 4.69) is 35.2 Å². The molecular formula is C22H31N3O4. The molecule has 0 aromatic heterocycles. The van der Waals surface area contributed by atoms with E-state index in [0.29, 0.717) is 29.3 Å². The van der Waals surface area contributed by atoms with Gasteiger partial charge in [-0.1, -0.05) is 37.3 Å². The molecule has 2 atom stereocenters. The molecule has 0 bridgehead atoms. The second kappa shape index (κ2) is 11.4. The average molecular weight is 402 g/mol. The molecule has 158 valence electrons. The highest BCUT2D eigenvalue weighted by atomic mass is 16.7. The molecule has 0 saturated heterocycles. The Kier molecular flexibility index (Phi) is 8.92. The van der Waals surface area contributed by atoms with Crippen LogP contribution in [-0.2, 0) is 17.6 Å². The number of carbonyl (C=O) groups is 1. The number of fused-ring (bicyclic) bond motifs is 1. The summed E-state index contributed by atoms with van der Waals surface area (Å²) in [5.41, 5.74) is 4.52. The molecule has 5 N–H and O–H groups in total. The molecule has 0 aliphatic carbocycles. The van der Waals surface area contributed by atoms with E-state index < -0.39 is 6.10 Å². The van der Waals surface area contributed by atoms with E-state index in [4.69, 9.17) is 4.84 Å². The van der Waals surface area contributed by atoms with Gasteiger partial charge in [0.25, 0.3) is 5.91 Å². The third kappa shape index (κ3) is 6.74. The zero-order chi connectivity index (χ0) is 21.2. The normalized spacial score (nSPS) is 14.6. The number of hydrogen-bond donors (Lipinski definition) is 5. The van der Waals surface area contributed by atoms with E-state index in [-0.39, 0.29) is 18.1 Å². The van der Waals surface area contributed by atoms with E-state index in [9.17, 15) is 15.0 Å². The van der Waals surface area contributed by atoms with Gasteiger partial charge in [-0.3, -0.25) is 4.79 Å². The Morgan fingerprint density at radius 2 is 1.83 bits per heavy atom. The Balaban J connectivity index is 0.000000941. The molecule has 1 amide bonds. The van der Waals surface area contributed by atoms with Gasteiger partial charge in [-0.25, -0.2) is 0 Å². The standard InChI is InChI=1S/C20H24N2O4.C2H7N/c1-13(9-14-5-3-2-4-6-14)11-21-12-18(24)15-7-8-17(23)16-10-19(25)22-26-20(15)16;1-3-2/h2-8,13,18,21,23-24H,9-12H2,1H3,(H,22,25);3H,1-2H3. The molecule has 2 aromatic rings. The van der Waals surface area contributed by atoms with Crippen LogP contribution in [0.5, 0.6) is 11.5 Å². The molecule has 3 rings (SSSR count). The van der Waals surface area contributed by atoms with Crippen molar-refractivity contribution in [1.29, 1.82) is 0 Å². The molecular weight excluding hydrogens is 370 g/mol.